The molecular weight excluding hydrogens is 350 g/mol. The Kier molecular flexibility index (Phi) is 4.74. The van der Waals surface area contributed by atoms with Gasteiger partial charge in [0.15, 0.2) is 5.76 Å². The number of benzene rings is 2. The number of aryl methyl sites for hydroxylation is 2. The molecule has 142 valence electrons. The van der Waals surface area contributed by atoms with Gasteiger partial charge in [-0.05, 0) is 32.4 Å². The van der Waals surface area contributed by atoms with Crippen LogP contribution in [0.15, 0.2) is 59.0 Å². The molecule has 0 atom stereocenters. The molecule has 1 amide bonds. The quantitative estimate of drug-likeness (QED) is 0.559. The minimum Gasteiger partial charge on any atom is -0.451 e. The molecule has 28 heavy (non-hydrogen) atoms. The van der Waals surface area contributed by atoms with E-state index in [1.807, 2.05) is 67.9 Å². The highest BCUT2D eigenvalue weighted by Gasteiger charge is 2.19. The number of carbonyl (C=O) groups is 1. The predicted molar refractivity (Wildman–Crippen MR) is 109 cm³/mol. The van der Waals surface area contributed by atoms with Gasteiger partial charge in [0.05, 0.1) is 12.2 Å². The van der Waals surface area contributed by atoms with Gasteiger partial charge < -0.3 is 9.73 Å². The zero-order valence-corrected chi connectivity index (χ0v) is 16.3. The van der Waals surface area contributed by atoms with Gasteiger partial charge in [-0.2, -0.15) is 5.10 Å². The predicted octanol–water partition coefficient (Wildman–Crippen LogP) is 4.53. The maximum Gasteiger partial charge on any atom is 0.287 e. The highest BCUT2D eigenvalue weighted by molar-refractivity contribution is 5.98. The molecule has 0 fully saturated rings. The molecule has 0 aliphatic rings. The van der Waals surface area contributed by atoms with Gasteiger partial charge in [0.25, 0.3) is 5.91 Å². The van der Waals surface area contributed by atoms with E-state index in [1.54, 1.807) is 0 Å². The van der Waals surface area contributed by atoms with Crippen molar-refractivity contribution >= 4 is 16.9 Å². The molecule has 5 heteroatoms. The normalized spacial score (nSPS) is 11.1. The topological polar surface area (TPSA) is 60.1 Å². The van der Waals surface area contributed by atoms with E-state index in [0.29, 0.717) is 18.8 Å². The van der Waals surface area contributed by atoms with E-state index in [0.717, 1.165) is 33.5 Å². The summed E-state index contributed by atoms with van der Waals surface area (Å²) in [7, 11) is 0. The first-order chi connectivity index (χ1) is 13.5. The largest absolute Gasteiger partial charge is 0.451 e. The Hall–Kier alpha value is -3.34. The molecule has 2 aromatic carbocycles. The molecule has 2 aromatic heterocycles. The number of fused-ring (bicyclic) bond motifs is 1. The van der Waals surface area contributed by atoms with Crippen LogP contribution in [-0.2, 0) is 13.1 Å². The van der Waals surface area contributed by atoms with Crippen molar-refractivity contribution in [1.82, 2.24) is 15.1 Å². The molecule has 0 unspecified atom stereocenters. The first-order valence-electron chi connectivity index (χ1n) is 9.37. The van der Waals surface area contributed by atoms with Crippen LogP contribution in [0.3, 0.4) is 0 Å². The Balaban J connectivity index is 1.51. The lowest BCUT2D eigenvalue weighted by Crippen LogP contribution is -2.23. The fraction of sp³-hybridized carbons (Fsp3) is 0.217. The lowest BCUT2D eigenvalue weighted by atomic mass is 10.1. The van der Waals surface area contributed by atoms with Gasteiger partial charge in [0.2, 0.25) is 0 Å². The lowest BCUT2D eigenvalue weighted by molar-refractivity contribution is 0.0924. The summed E-state index contributed by atoms with van der Waals surface area (Å²) in [4.78, 5) is 12.7. The fourth-order valence-electron chi connectivity index (χ4n) is 3.54. The van der Waals surface area contributed by atoms with Crippen LogP contribution in [-0.4, -0.2) is 15.7 Å². The molecule has 2 heterocycles. The first kappa shape index (κ1) is 18.0. The second-order valence-corrected chi connectivity index (χ2v) is 7.03. The van der Waals surface area contributed by atoms with Crippen LogP contribution < -0.4 is 5.32 Å². The SMILES string of the molecule is Cc1nn(Cc2ccccc2)c(C)c1CNC(=O)c1oc2ccccc2c1C. The van der Waals surface area contributed by atoms with Gasteiger partial charge in [-0.3, -0.25) is 9.48 Å². The Morgan fingerprint density at radius 2 is 1.75 bits per heavy atom. The number of amides is 1. The second kappa shape index (κ2) is 7.35. The Morgan fingerprint density at radius 1 is 1.04 bits per heavy atom. The van der Waals surface area contributed by atoms with E-state index in [4.69, 9.17) is 4.42 Å². The molecule has 0 aliphatic carbocycles. The van der Waals surface area contributed by atoms with Gasteiger partial charge in [-0.25, -0.2) is 0 Å². The van der Waals surface area contributed by atoms with E-state index in [9.17, 15) is 4.79 Å². The number of rotatable bonds is 5. The van der Waals surface area contributed by atoms with Gasteiger partial charge in [0, 0.05) is 28.8 Å². The van der Waals surface area contributed by atoms with Crippen molar-refractivity contribution in [2.75, 3.05) is 0 Å². The summed E-state index contributed by atoms with van der Waals surface area (Å²) in [5.41, 5.74) is 5.81. The van der Waals surface area contributed by atoms with Crippen LogP contribution in [0.4, 0.5) is 0 Å². The summed E-state index contributed by atoms with van der Waals surface area (Å²) >= 11 is 0. The van der Waals surface area contributed by atoms with Crippen LogP contribution in [0.5, 0.6) is 0 Å². The van der Waals surface area contributed by atoms with Crippen molar-refractivity contribution in [2.24, 2.45) is 0 Å². The standard InChI is InChI=1S/C23H23N3O2/c1-15-19-11-7-8-12-21(19)28-22(15)23(27)24-13-20-16(2)25-26(17(20)3)14-18-9-5-4-6-10-18/h4-12H,13-14H2,1-3H3,(H,24,27). The number of nitrogens with zero attached hydrogens (tertiary/aromatic N) is 2. The molecule has 0 spiro atoms. The molecule has 0 saturated carbocycles. The minimum atomic E-state index is -0.205. The molecule has 0 aliphatic heterocycles. The van der Waals surface area contributed by atoms with E-state index >= 15 is 0 Å². The van der Waals surface area contributed by atoms with Crippen molar-refractivity contribution < 1.29 is 9.21 Å². The molecule has 4 aromatic rings. The maximum absolute atomic E-state index is 12.7. The highest BCUT2D eigenvalue weighted by atomic mass is 16.3. The molecular formula is C23H23N3O2. The van der Waals surface area contributed by atoms with E-state index < -0.39 is 0 Å². The molecule has 0 bridgehead atoms. The van der Waals surface area contributed by atoms with Crippen LogP contribution in [0.2, 0.25) is 0 Å². The number of para-hydroxylation sites is 1. The molecule has 1 N–H and O–H groups in total. The number of hydrogen-bond acceptors (Lipinski definition) is 3. The van der Waals surface area contributed by atoms with Crippen molar-refractivity contribution in [3.63, 3.8) is 0 Å². The monoisotopic (exact) mass is 373 g/mol. The average Bonchev–Trinajstić information content (AvgIpc) is 3.18. The third kappa shape index (κ3) is 3.31. The fourth-order valence-corrected chi connectivity index (χ4v) is 3.54. The van der Waals surface area contributed by atoms with Crippen LogP contribution >= 0.6 is 0 Å². The van der Waals surface area contributed by atoms with Gasteiger partial charge in [-0.1, -0.05) is 48.5 Å². The summed E-state index contributed by atoms with van der Waals surface area (Å²) in [6.45, 7) is 7.06. The first-order valence-corrected chi connectivity index (χ1v) is 9.37. The number of hydrogen-bond donors (Lipinski definition) is 1. The third-order valence-corrected chi connectivity index (χ3v) is 5.18. The smallest absolute Gasteiger partial charge is 0.287 e. The minimum absolute atomic E-state index is 0.205. The van der Waals surface area contributed by atoms with Gasteiger partial charge in [-0.15, -0.1) is 0 Å². The van der Waals surface area contributed by atoms with Crippen LogP contribution in [0.1, 0.15) is 38.6 Å². The number of nitrogens with one attached hydrogen (secondary N) is 1. The molecule has 0 radical (unpaired) electrons. The summed E-state index contributed by atoms with van der Waals surface area (Å²) in [5.74, 6) is 0.163. The molecule has 0 saturated heterocycles. The van der Waals surface area contributed by atoms with E-state index in [1.165, 1.54) is 5.56 Å². The summed E-state index contributed by atoms with van der Waals surface area (Å²) in [5, 5.41) is 8.61. The zero-order chi connectivity index (χ0) is 19.7. The van der Waals surface area contributed by atoms with Crippen LogP contribution in [0, 0.1) is 20.8 Å². The number of carbonyl (C=O) groups excluding carboxylic acids is 1. The lowest BCUT2D eigenvalue weighted by Gasteiger charge is -2.07. The van der Waals surface area contributed by atoms with Crippen LogP contribution in [0.25, 0.3) is 11.0 Å². The Labute approximate surface area is 164 Å². The average molecular weight is 373 g/mol. The zero-order valence-electron chi connectivity index (χ0n) is 16.3. The van der Waals surface area contributed by atoms with Crippen molar-refractivity contribution in [1.29, 1.82) is 0 Å². The third-order valence-electron chi connectivity index (χ3n) is 5.18. The Morgan fingerprint density at radius 3 is 2.50 bits per heavy atom. The van der Waals surface area contributed by atoms with Gasteiger partial charge in [0.1, 0.15) is 5.58 Å². The van der Waals surface area contributed by atoms with Crippen molar-refractivity contribution in [3.05, 3.63) is 88.4 Å². The van der Waals surface area contributed by atoms with Gasteiger partial charge >= 0.3 is 0 Å². The summed E-state index contributed by atoms with van der Waals surface area (Å²) in [6, 6.07) is 17.9. The number of aromatic nitrogens is 2. The van der Waals surface area contributed by atoms with Crippen molar-refractivity contribution in [2.45, 2.75) is 33.9 Å². The molecule has 4 rings (SSSR count). The number of furan rings is 1. The van der Waals surface area contributed by atoms with E-state index in [-0.39, 0.29) is 5.91 Å². The second-order valence-electron chi connectivity index (χ2n) is 7.03. The Bertz CT molecular complexity index is 1140. The maximum atomic E-state index is 12.7. The van der Waals surface area contributed by atoms with Crippen molar-refractivity contribution in [3.8, 4) is 0 Å². The highest BCUT2D eigenvalue weighted by Crippen LogP contribution is 2.25. The van der Waals surface area contributed by atoms with E-state index in [2.05, 4.69) is 22.5 Å². The summed E-state index contributed by atoms with van der Waals surface area (Å²) in [6.07, 6.45) is 0. The summed E-state index contributed by atoms with van der Waals surface area (Å²) < 4.78 is 7.75. The molecule has 5 nitrogen and oxygen atoms in total.